The van der Waals surface area contributed by atoms with Gasteiger partial charge in [0.1, 0.15) is 0 Å². The van der Waals surface area contributed by atoms with Crippen LogP contribution < -0.4 is 5.32 Å². The fourth-order valence-corrected chi connectivity index (χ4v) is 2.47. The Morgan fingerprint density at radius 3 is 3.20 bits per heavy atom. The fraction of sp³-hybridized carbons (Fsp3) is 0.615. The Labute approximate surface area is 117 Å². The van der Waals surface area contributed by atoms with Gasteiger partial charge in [-0.2, -0.15) is 5.10 Å². The molecule has 2 aromatic heterocycles. The monoisotopic (exact) mass is 276 g/mol. The maximum absolute atomic E-state index is 5.72. The smallest absolute Gasteiger partial charge is 0.0904 e. The van der Waals surface area contributed by atoms with Gasteiger partial charge in [-0.05, 0) is 6.92 Å². The van der Waals surface area contributed by atoms with Crippen LogP contribution in [0.25, 0.3) is 0 Å². The van der Waals surface area contributed by atoms with Crippen molar-refractivity contribution in [2.45, 2.75) is 26.6 Å². The molecule has 20 heavy (non-hydrogen) atoms. The number of hydrogen-bond donors (Lipinski definition) is 1. The minimum atomic E-state index is 0.411. The van der Waals surface area contributed by atoms with Crippen molar-refractivity contribution in [3.63, 3.8) is 0 Å². The molecule has 0 saturated carbocycles. The molecule has 0 spiro atoms. The number of nitrogens with one attached hydrogen (secondary N) is 1. The highest BCUT2D eigenvalue weighted by Crippen LogP contribution is 2.14. The van der Waals surface area contributed by atoms with E-state index in [0.717, 1.165) is 37.6 Å². The van der Waals surface area contributed by atoms with Crippen LogP contribution >= 0.6 is 0 Å². The van der Waals surface area contributed by atoms with Crippen molar-refractivity contribution in [3.05, 3.63) is 29.3 Å². The zero-order valence-electron chi connectivity index (χ0n) is 11.9. The van der Waals surface area contributed by atoms with Gasteiger partial charge >= 0.3 is 0 Å². The second kappa shape index (κ2) is 5.72. The summed E-state index contributed by atoms with van der Waals surface area (Å²) in [6, 6.07) is 0. The molecule has 1 aliphatic rings. The molecule has 0 aromatic carbocycles. The highest BCUT2D eigenvalue weighted by molar-refractivity contribution is 5.07. The summed E-state index contributed by atoms with van der Waals surface area (Å²) < 4.78 is 9.51. The van der Waals surface area contributed by atoms with Crippen LogP contribution in [0.15, 0.2) is 12.4 Å². The molecular weight excluding hydrogens is 256 g/mol. The number of aryl methyl sites for hydroxylation is 2. The Morgan fingerprint density at radius 2 is 2.40 bits per heavy atom. The Bertz CT molecular complexity index is 575. The summed E-state index contributed by atoms with van der Waals surface area (Å²) in [6.07, 6.45) is 3.91. The number of hydrogen-bond acceptors (Lipinski definition) is 5. The Balaban J connectivity index is 1.53. The van der Waals surface area contributed by atoms with E-state index in [9.17, 15) is 0 Å². The van der Waals surface area contributed by atoms with Crippen molar-refractivity contribution in [2.75, 3.05) is 13.2 Å². The quantitative estimate of drug-likeness (QED) is 0.867. The van der Waals surface area contributed by atoms with Gasteiger partial charge < -0.3 is 10.1 Å². The molecule has 0 fully saturated rings. The molecule has 0 saturated heterocycles. The first kappa shape index (κ1) is 13.3. The molecule has 0 unspecified atom stereocenters. The molecule has 7 nitrogen and oxygen atoms in total. The SMILES string of the molecule is Cc1nnn2c1COC[C@H](CNCc1cnn(C)c1)C2. The minimum Gasteiger partial charge on any atom is -0.375 e. The zero-order valence-corrected chi connectivity index (χ0v) is 11.9. The largest absolute Gasteiger partial charge is 0.375 e. The van der Waals surface area contributed by atoms with Crippen molar-refractivity contribution in [1.82, 2.24) is 30.1 Å². The van der Waals surface area contributed by atoms with E-state index in [1.807, 2.05) is 35.7 Å². The summed E-state index contributed by atoms with van der Waals surface area (Å²) in [5.74, 6) is 0.411. The highest BCUT2D eigenvalue weighted by Gasteiger charge is 2.19. The third-order valence-electron chi connectivity index (χ3n) is 3.58. The Morgan fingerprint density at radius 1 is 1.50 bits per heavy atom. The van der Waals surface area contributed by atoms with Gasteiger partial charge in [0.25, 0.3) is 0 Å². The number of nitrogens with zero attached hydrogens (tertiary/aromatic N) is 5. The van der Waals surface area contributed by atoms with Crippen LogP contribution in [0.1, 0.15) is 17.0 Å². The average Bonchev–Trinajstić information content (AvgIpc) is 2.91. The zero-order chi connectivity index (χ0) is 13.9. The minimum absolute atomic E-state index is 0.411. The summed E-state index contributed by atoms with van der Waals surface area (Å²) in [7, 11) is 1.93. The van der Waals surface area contributed by atoms with Gasteiger partial charge in [0.15, 0.2) is 0 Å². The predicted molar refractivity (Wildman–Crippen MR) is 72.8 cm³/mol. The van der Waals surface area contributed by atoms with E-state index >= 15 is 0 Å². The lowest BCUT2D eigenvalue weighted by atomic mass is 10.1. The Kier molecular flexibility index (Phi) is 3.79. The highest BCUT2D eigenvalue weighted by atomic mass is 16.5. The van der Waals surface area contributed by atoms with Crippen LogP contribution in [0.4, 0.5) is 0 Å². The molecule has 0 bridgehead atoms. The Hall–Kier alpha value is -1.73. The number of fused-ring (bicyclic) bond motifs is 1. The predicted octanol–water partition coefficient (Wildman–Crippen LogP) is 0.256. The van der Waals surface area contributed by atoms with E-state index in [-0.39, 0.29) is 0 Å². The van der Waals surface area contributed by atoms with Gasteiger partial charge in [-0.25, -0.2) is 4.68 Å². The van der Waals surface area contributed by atoms with Gasteiger partial charge in [-0.15, -0.1) is 5.10 Å². The maximum atomic E-state index is 5.72. The van der Waals surface area contributed by atoms with Gasteiger partial charge in [0.05, 0.1) is 30.8 Å². The molecule has 0 aliphatic carbocycles. The van der Waals surface area contributed by atoms with Crippen LogP contribution in [0.3, 0.4) is 0 Å². The maximum Gasteiger partial charge on any atom is 0.0904 e. The molecule has 108 valence electrons. The number of rotatable bonds is 4. The summed E-state index contributed by atoms with van der Waals surface area (Å²) >= 11 is 0. The fourth-order valence-electron chi connectivity index (χ4n) is 2.47. The summed E-state index contributed by atoms with van der Waals surface area (Å²) in [5.41, 5.74) is 3.26. The summed E-state index contributed by atoms with van der Waals surface area (Å²) in [4.78, 5) is 0. The molecule has 1 N–H and O–H groups in total. The first-order valence-electron chi connectivity index (χ1n) is 6.87. The molecule has 3 heterocycles. The lowest BCUT2D eigenvalue weighted by Crippen LogP contribution is -2.28. The summed E-state index contributed by atoms with van der Waals surface area (Å²) in [6.45, 7) is 5.92. The third kappa shape index (κ3) is 2.88. The van der Waals surface area contributed by atoms with E-state index in [4.69, 9.17) is 4.74 Å². The average molecular weight is 276 g/mol. The van der Waals surface area contributed by atoms with Crippen molar-refractivity contribution in [1.29, 1.82) is 0 Å². The molecule has 0 radical (unpaired) electrons. The van der Waals surface area contributed by atoms with Gasteiger partial charge in [0, 0.05) is 44.4 Å². The van der Waals surface area contributed by atoms with E-state index in [1.165, 1.54) is 5.56 Å². The van der Waals surface area contributed by atoms with Crippen LogP contribution in [0.2, 0.25) is 0 Å². The number of ether oxygens (including phenoxy) is 1. The third-order valence-corrected chi connectivity index (χ3v) is 3.58. The van der Waals surface area contributed by atoms with E-state index in [0.29, 0.717) is 12.5 Å². The van der Waals surface area contributed by atoms with Crippen molar-refractivity contribution < 1.29 is 4.74 Å². The summed E-state index contributed by atoms with van der Waals surface area (Å²) in [5, 5.41) is 15.9. The molecule has 3 rings (SSSR count). The lowest BCUT2D eigenvalue weighted by Gasteiger charge is -2.14. The second-order valence-corrected chi connectivity index (χ2v) is 5.34. The molecule has 1 atom stereocenters. The lowest BCUT2D eigenvalue weighted by molar-refractivity contribution is 0.0936. The first-order chi connectivity index (χ1) is 9.72. The number of aromatic nitrogens is 5. The molecule has 2 aromatic rings. The molecule has 1 aliphatic heterocycles. The van der Waals surface area contributed by atoms with Crippen molar-refractivity contribution >= 4 is 0 Å². The van der Waals surface area contributed by atoms with Gasteiger partial charge in [-0.3, -0.25) is 4.68 Å². The molecular formula is C13H20N6O. The van der Waals surface area contributed by atoms with Gasteiger partial charge in [-0.1, -0.05) is 5.21 Å². The first-order valence-corrected chi connectivity index (χ1v) is 6.87. The van der Waals surface area contributed by atoms with Crippen molar-refractivity contribution in [3.8, 4) is 0 Å². The van der Waals surface area contributed by atoms with Crippen LogP contribution in [0, 0.1) is 12.8 Å². The van der Waals surface area contributed by atoms with Crippen LogP contribution in [0.5, 0.6) is 0 Å². The van der Waals surface area contributed by atoms with E-state index in [1.54, 1.807) is 0 Å². The van der Waals surface area contributed by atoms with E-state index < -0.39 is 0 Å². The topological polar surface area (TPSA) is 69.8 Å². The normalized spacial score (nSPS) is 18.8. The van der Waals surface area contributed by atoms with E-state index in [2.05, 4.69) is 20.7 Å². The standard InChI is InChI=1S/C13H20N6O/c1-10-13-9-20-8-12(7-19(13)17-16-10)4-14-3-11-5-15-18(2)6-11/h5-6,12,14H,3-4,7-9H2,1-2H3/t12-/m1/s1. The van der Waals surface area contributed by atoms with Crippen molar-refractivity contribution in [2.24, 2.45) is 13.0 Å². The van der Waals surface area contributed by atoms with Gasteiger partial charge in [0.2, 0.25) is 0 Å². The molecule has 7 heteroatoms. The molecule has 0 amide bonds. The van der Waals surface area contributed by atoms with Crippen LogP contribution in [-0.4, -0.2) is 37.9 Å². The second-order valence-electron chi connectivity index (χ2n) is 5.34. The van der Waals surface area contributed by atoms with Crippen LogP contribution in [-0.2, 0) is 31.5 Å².